The van der Waals surface area contributed by atoms with Crippen LogP contribution in [0.1, 0.15) is 17.0 Å². The Bertz CT molecular complexity index is 1510. The molecule has 154 valence electrons. The SMILES string of the molecule is Cc1cc(OCc2cc(=O)n3ccccc3n2)nc2c1c(C)nn2-c1cccc(F)c1. The van der Waals surface area contributed by atoms with E-state index in [0.29, 0.717) is 28.6 Å². The van der Waals surface area contributed by atoms with Crippen LogP contribution in [0.25, 0.3) is 22.4 Å². The molecule has 31 heavy (non-hydrogen) atoms. The van der Waals surface area contributed by atoms with Crippen molar-refractivity contribution in [1.82, 2.24) is 24.1 Å². The molecule has 0 saturated heterocycles. The van der Waals surface area contributed by atoms with Gasteiger partial charge < -0.3 is 4.74 Å². The van der Waals surface area contributed by atoms with Gasteiger partial charge in [0.2, 0.25) is 5.88 Å². The number of rotatable bonds is 4. The van der Waals surface area contributed by atoms with Crippen LogP contribution in [0.4, 0.5) is 4.39 Å². The van der Waals surface area contributed by atoms with Crippen LogP contribution in [0.15, 0.2) is 65.6 Å². The fourth-order valence-corrected chi connectivity index (χ4v) is 3.66. The average Bonchev–Trinajstić information content (AvgIpc) is 3.09. The van der Waals surface area contributed by atoms with Crippen LogP contribution in [0.2, 0.25) is 0 Å². The monoisotopic (exact) mass is 415 g/mol. The molecule has 4 aromatic heterocycles. The quantitative estimate of drug-likeness (QED) is 0.447. The molecule has 8 heteroatoms. The van der Waals surface area contributed by atoms with Gasteiger partial charge in [-0.1, -0.05) is 12.1 Å². The van der Waals surface area contributed by atoms with Gasteiger partial charge in [0.25, 0.3) is 5.56 Å². The molecule has 1 aromatic carbocycles. The maximum atomic E-state index is 13.8. The van der Waals surface area contributed by atoms with Crippen LogP contribution in [-0.4, -0.2) is 24.1 Å². The van der Waals surface area contributed by atoms with Gasteiger partial charge in [-0.2, -0.15) is 10.1 Å². The van der Waals surface area contributed by atoms with Gasteiger partial charge in [-0.25, -0.2) is 14.1 Å². The van der Waals surface area contributed by atoms with Crippen LogP contribution >= 0.6 is 0 Å². The summed E-state index contributed by atoms with van der Waals surface area (Å²) in [5.41, 5.74) is 3.75. The molecular weight excluding hydrogens is 397 g/mol. The molecule has 0 bridgehead atoms. The molecule has 0 fully saturated rings. The zero-order valence-electron chi connectivity index (χ0n) is 16.9. The number of hydrogen-bond acceptors (Lipinski definition) is 5. The second-order valence-corrected chi connectivity index (χ2v) is 7.26. The summed E-state index contributed by atoms with van der Waals surface area (Å²) in [6.45, 7) is 3.92. The predicted molar refractivity (Wildman–Crippen MR) is 114 cm³/mol. The molecule has 0 aliphatic carbocycles. The van der Waals surface area contributed by atoms with E-state index in [1.165, 1.54) is 22.6 Å². The molecule has 0 unspecified atom stereocenters. The number of nitrogens with zero attached hydrogens (tertiary/aromatic N) is 5. The highest BCUT2D eigenvalue weighted by Gasteiger charge is 2.15. The van der Waals surface area contributed by atoms with E-state index in [-0.39, 0.29) is 18.0 Å². The fraction of sp³-hybridized carbons (Fsp3) is 0.130. The lowest BCUT2D eigenvalue weighted by Crippen LogP contribution is -2.16. The van der Waals surface area contributed by atoms with Crippen molar-refractivity contribution in [3.05, 3.63) is 93.9 Å². The molecule has 0 spiro atoms. The van der Waals surface area contributed by atoms with Gasteiger partial charge in [0.1, 0.15) is 18.1 Å². The number of halogens is 1. The van der Waals surface area contributed by atoms with Crippen molar-refractivity contribution in [2.24, 2.45) is 0 Å². The number of aryl methyl sites for hydroxylation is 2. The topological polar surface area (TPSA) is 74.3 Å². The smallest absolute Gasteiger partial charge is 0.258 e. The van der Waals surface area contributed by atoms with Crippen LogP contribution in [0.5, 0.6) is 5.88 Å². The molecule has 0 N–H and O–H groups in total. The zero-order chi connectivity index (χ0) is 21.5. The molecule has 4 heterocycles. The van der Waals surface area contributed by atoms with Crippen molar-refractivity contribution in [1.29, 1.82) is 0 Å². The lowest BCUT2D eigenvalue weighted by molar-refractivity contribution is 0.290. The molecule has 0 radical (unpaired) electrons. The van der Waals surface area contributed by atoms with Gasteiger partial charge in [-0.3, -0.25) is 9.20 Å². The van der Waals surface area contributed by atoms with Crippen molar-refractivity contribution in [2.75, 3.05) is 0 Å². The second-order valence-electron chi connectivity index (χ2n) is 7.26. The third kappa shape index (κ3) is 3.42. The summed E-state index contributed by atoms with van der Waals surface area (Å²) in [5, 5.41) is 5.43. The molecule has 0 atom stereocenters. The highest BCUT2D eigenvalue weighted by molar-refractivity contribution is 5.83. The van der Waals surface area contributed by atoms with Crippen molar-refractivity contribution in [2.45, 2.75) is 20.5 Å². The van der Waals surface area contributed by atoms with Crippen molar-refractivity contribution in [3.8, 4) is 11.6 Å². The van der Waals surface area contributed by atoms with Crippen molar-refractivity contribution < 1.29 is 9.13 Å². The zero-order valence-corrected chi connectivity index (χ0v) is 16.9. The normalized spacial score (nSPS) is 11.3. The van der Waals surface area contributed by atoms with Crippen molar-refractivity contribution >= 4 is 16.7 Å². The van der Waals surface area contributed by atoms with E-state index in [2.05, 4.69) is 15.1 Å². The Morgan fingerprint density at radius 1 is 1.03 bits per heavy atom. The van der Waals surface area contributed by atoms with E-state index in [9.17, 15) is 9.18 Å². The van der Waals surface area contributed by atoms with Gasteiger partial charge in [-0.05, 0) is 49.7 Å². The maximum absolute atomic E-state index is 13.8. The average molecular weight is 415 g/mol. The first-order valence-corrected chi connectivity index (χ1v) is 9.72. The van der Waals surface area contributed by atoms with Gasteiger partial charge >= 0.3 is 0 Å². The Balaban J connectivity index is 1.52. The summed E-state index contributed by atoms with van der Waals surface area (Å²) >= 11 is 0. The predicted octanol–water partition coefficient (Wildman–Crippen LogP) is 3.76. The molecule has 0 amide bonds. The minimum Gasteiger partial charge on any atom is -0.471 e. The summed E-state index contributed by atoms with van der Waals surface area (Å²) in [5.74, 6) is 0.0224. The number of hydrogen-bond donors (Lipinski definition) is 0. The lowest BCUT2D eigenvalue weighted by atomic mass is 10.2. The van der Waals surface area contributed by atoms with Crippen molar-refractivity contribution in [3.63, 3.8) is 0 Å². The third-order valence-corrected chi connectivity index (χ3v) is 5.03. The number of pyridine rings is 2. The van der Waals surface area contributed by atoms with E-state index in [1.807, 2.05) is 26.0 Å². The Morgan fingerprint density at radius 2 is 1.90 bits per heavy atom. The highest BCUT2D eigenvalue weighted by Crippen LogP contribution is 2.27. The first kappa shape index (κ1) is 18.9. The van der Waals surface area contributed by atoms with E-state index in [1.54, 1.807) is 35.1 Å². The van der Waals surface area contributed by atoms with Crippen LogP contribution in [-0.2, 0) is 6.61 Å². The number of ether oxygens (including phenoxy) is 1. The molecule has 0 aliphatic rings. The highest BCUT2D eigenvalue weighted by atomic mass is 19.1. The number of benzene rings is 1. The summed E-state index contributed by atoms with van der Waals surface area (Å²) in [7, 11) is 0. The largest absolute Gasteiger partial charge is 0.471 e. The molecule has 5 aromatic rings. The number of fused-ring (bicyclic) bond motifs is 2. The minimum absolute atomic E-state index is 0.0890. The number of aromatic nitrogens is 5. The molecule has 7 nitrogen and oxygen atoms in total. The van der Waals surface area contributed by atoms with E-state index >= 15 is 0 Å². The molecule has 0 saturated carbocycles. The second kappa shape index (κ2) is 7.32. The van der Waals surface area contributed by atoms with Gasteiger partial charge in [0, 0.05) is 23.7 Å². The minimum atomic E-state index is -0.350. The van der Waals surface area contributed by atoms with E-state index in [4.69, 9.17) is 4.74 Å². The third-order valence-electron chi connectivity index (χ3n) is 5.03. The van der Waals surface area contributed by atoms with Gasteiger partial charge in [0.05, 0.1) is 17.1 Å². The van der Waals surface area contributed by atoms with Crippen LogP contribution in [0.3, 0.4) is 0 Å². The van der Waals surface area contributed by atoms with Crippen LogP contribution < -0.4 is 10.3 Å². The standard InChI is InChI=1S/C23H18FN5O2/c1-14-10-20(31-13-17-12-21(30)28-9-4-3-8-19(28)25-17)26-23-22(14)15(2)27-29(23)18-7-5-6-16(24)11-18/h3-12H,13H2,1-2H3. The van der Waals surface area contributed by atoms with E-state index in [0.717, 1.165) is 16.6 Å². The lowest BCUT2D eigenvalue weighted by Gasteiger charge is -2.09. The Labute approximate surface area is 176 Å². The summed E-state index contributed by atoms with van der Waals surface area (Å²) in [4.78, 5) is 21.4. The summed E-state index contributed by atoms with van der Waals surface area (Å²) < 4.78 is 22.7. The first-order valence-electron chi connectivity index (χ1n) is 9.72. The Hall–Kier alpha value is -4.07. The van der Waals surface area contributed by atoms with Crippen LogP contribution in [0, 0.1) is 19.7 Å². The first-order chi connectivity index (χ1) is 15.0. The molecule has 0 aliphatic heterocycles. The summed E-state index contributed by atoms with van der Waals surface area (Å²) in [6.07, 6.45) is 1.67. The fourth-order valence-electron chi connectivity index (χ4n) is 3.66. The maximum Gasteiger partial charge on any atom is 0.258 e. The van der Waals surface area contributed by atoms with Gasteiger partial charge in [-0.15, -0.1) is 0 Å². The van der Waals surface area contributed by atoms with Gasteiger partial charge in [0.15, 0.2) is 5.65 Å². The molecule has 5 rings (SSSR count). The van der Waals surface area contributed by atoms with E-state index < -0.39 is 0 Å². The Kier molecular flexibility index (Phi) is 4.47. The Morgan fingerprint density at radius 3 is 2.74 bits per heavy atom. The molecular formula is C23H18FN5O2. The summed E-state index contributed by atoms with van der Waals surface area (Å²) in [6, 6.07) is 14.8.